The number of hydrogen-bond acceptors (Lipinski definition) is 4. The maximum absolute atomic E-state index is 5.98. The van der Waals surface area contributed by atoms with Crippen molar-refractivity contribution < 1.29 is 4.42 Å². The molecular formula is C19H16N2OS. The zero-order valence-electron chi connectivity index (χ0n) is 13.0. The lowest BCUT2D eigenvalue weighted by molar-refractivity contribution is 0.653. The molecule has 0 saturated carbocycles. The van der Waals surface area contributed by atoms with Gasteiger partial charge in [-0.05, 0) is 37.1 Å². The van der Waals surface area contributed by atoms with Crippen LogP contribution in [0.3, 0.4) is 0 Å². The number of thioether (sulfide) groups is 1. The number of aromatic nitrogens is 2. The molecule has 0 spiro atoms. The van der Waals surface area contributed by atoms with Crippen LogP contribution in [0.5, 0.6) is 0 Å². The van der Waals surface area contributed by atoms with Gasteiger partial charge in [0.15, 0.2) is 5.58 Å². The van der Waals surface area contributed by atoms with Gasteiger partial charge in [0.05, 0.1) is 0 Å². The fourth-order valence-electron chi connectivity index (χ4n) is 2.71. The Morgan fingerprint density at radius 2 is 1.91 bits per heavy atom. The van der Waals surface area contributed by atoms with Gasteiger partial charge in [0.1, 0.15) is 22.5 Å². The van der Waals surface area contributed by atoms with Crippen LogP contribution in [0, 0.1) is 13.8 Å². The smallest absolute Gasteiger partial charge is 0.186 e. The molecule has 2 aromatic carbocycles. The van der Waals surface area contributed by atoms with E-state index in [1.54, 1.807) is 18.1 Å². The summed E-state index contributed by atoms with van der Waals surface area (Å²) in [6.07, 6.45) is 1.62. The molecule has 0 unspecified atom stereocenters. The standard InChI is InChI=1S/C19H16N2OS/c1-12-7-8-13(2)14(9-12)10-23-19-18-17(20-11-21-19)15-5-3-4-6-16(15)22-18/h3-9,11H,10H2,1-2H3. The maximum atomic E-state index is 5.98. The van der Waals surface area contributed by atoms with Crippen LogP contribution in [0.1, 0.15) is 16.7 Å². The van der Waals surface area contributed by atoms with E-state index in [-0.39, 0.29) is 0 Å². The normalized spacial score (nSPS) is 11.4. The molecule has 0 aliphatic heterocycles. The highest BCUT2D eigenvalue weighted by Crippen LogP contribution is 2.34. The molecule has 0 aliphatic carbocycles. The van der Waals surface area contributed by atoms with Crippen LogP contribution in [0.4, 0.5) is 0 Å². The summed E-state index contributed by atoms with van der Waals surface area (Å²) in [5, 5.41) is 1.94. The van der Waals surface area contributed by atoms with Crippen molar-refractivity contribution in [2.45, 2.75) is 24.6 Å². The average molecular weight is 320 g/mol. The van der Waals surface area contributed by atoms with E-state index in [1.807, 2.05) is 24.3 Å². The van der Waals surface area contributed by atoms with E-state index in [9.17, 15) is 0 Å². The second-order valence-corrected chi connectivity index (χ2v) is 6.64. The summed E-state index contributed by atoms with van der Waals surface area (Å²) in [6, 6.07) is 14.5. The van der Waals surface area contributed by atoms with E-state index in [4.69, 9.17) is 4.42 Å². The van der Waals surface area contributed by atoms with Gasteiger partial charge in [0, 0.05) is 11.1 Å². The van der Waals surface area contributed by atoms with Crippen LogP contribution in [-0.2, 0) is 5.75 Å². The molecule has 0 bridgehead atoms. The maximum Gasteiger partial charge on any atom is 0.186 e. The van der Waals surface area contributed by atoms with Crippen molar-refractivity contribution in [3.05, 3.63) is 65.5 Å². The van der Waals surface area contributed by atoms with Gasteiger partial charge in [-0.3, -0.25) is 0 Å². The molecule has 114 valence electrons. The highest BCUT2D eigenvalue weighted by molar-refractivity contribution is 7.98. The lowest BCUT2D eigenvalue weighted by Gasteiger charge is -2.06. The quantitative estimate of drug-likeness (QED) is 0.380. The molecule has 0 atom stereocenters. The molecule has 4 rings (SSSR count). The van der Waals surface area contributed by atoms with Crippen molar-refractivity contribution in [1.82, 2.24) is 9.97 Å². The van der Waals surface area contributed by atoms with Crippen LogP contribution in [0.2, 0.25) is 0 Å². The van der Waals surface area contributed by atoms with Crippen molar-refractivity contribution in [3.63, 3.8) is 0 Å². The number of aryl methyl sites for hydroxylation is 2. The van der Waals surface area contributed by atoms with Crippen LogP contribution in [0.25, 0.3) is 22.1 Å². The number of hydrogen-bond donors (Lipinski definition) is 0. The van der Waals surface area contributed by atoms with Crippen molar-refractivity contribution >= 4 is 33.8 Å². The van der Waals surface area contributed by atoms with Crippen LogP contribution >= 0.6 is 11.8 Å². The average Bonchev–Trinajstić information content (AvgIpc) is 2.95. The Morgan fingerprint density at radius 3 is 2.83 bits per heavy atom. The molecule has 0 saturated heterocycles. The Labute approximate surface area is 138 Å². The number of furan rings is 1. The second kappa shape index (κ2) is 5.70. The minimum absolute atomic E-state index is 0.781. The lowest BCUT2D eigenvalue weighted by Crippen LogP contribution is -1.90. The van der Waals surface area contributed by atoms with Gasteiger partial charge in [-0.2, -0.15) is 0 Å². The first-order valence-electron chi connectivity index (χ1n) is 7.53. The summed E-state index contributed by atoms with van der Waals surface area (Å²) in [7, 11) is 0. The minimum atomic E-state index is 0.781. The lowest BCUT2D eigenvalue weighted by atomic mass is 10.1. The zero-order valence-corrected chi connectivity index (χ0v) is 13.9. The molecule has 0 N–H and O–H groups in total. The SMILES string of the molecule is Cc1ccc(C)c(CSc2ncnc3c2oc2ccccc23)c1. The fraction of sp³-hybridized carbons (Fsp3) is 0.158. The van der Waals surface area contributed by atoms with Gasteiger partial charge in [-0.25, -0.2) is 9.97 Å². The predicted octanol–water partition coefficient (Wildman–Crippen LogP) is 5.29. The Kier molecular flexibility index (Phi) is 3.54. The number of para-hydroxylation sites is 1. The highest BCUT2D eigenvalue weighted by Gasteiger charge is 2.13. The topological polar surface area (TPSA) is 38.9 Å². The van der Waals surface area contributed by atoms with Gasteiger partial charge in [0.25, 0.3) is 0 Å². The Hall–Kier alpha value is -2.33. The summed E-state index contributed by atoms with van der Waals surface area (Å²) < 4.78 is 5.98. The van der Waals surface area contributed by atoms with Crippen molar-refractivity contribution in [1.29, 1.82) is 0 Å². The Balaban J connectivity index is 1.73. The third-order valence-electron chi connectivity index (χ3n) is 3.99. The summed E-state index contributed by atoms with van der Waals surface area (Å²) >= 11 is 1.70. The predicted molar refractivity (Wildman–Crippen MR) is 94.8 cm³/mol. The molecule has 0 aliphatic rings. The van der Waals surface area contributed by atoms with Crippen molar-refractivity contribution in [3.8, 4) is 0 Å². The Bertz CT molecular complexity index is 1010. The summed E-state index contributed by atoms with van der Waals surface area (Å²) in [5.74, 6) is 0.872. The number of rotatable bonds is 3. The van der Waals surface area contributed by atoms with Gasteiger partial charge in [-0.15, -0.1) is 0 Å². The first-order valence-corrected chi connectivity index (χ1v) is 8.52. The molecule has 3 nitrogen and oxygen atoms in total. The van der Waals surface area contributed by atoms with Gasteiger partial charge in [0.2, 0.25) is 0 Å². The first-order chi connectivity index (χ1) is 11.2. The fourth-order valence-corrected chi connectivity index (χ4v) is 3.70. The largest absolute Gasteiger partial charge is 0.451 e. The van der Waals surface area contributed by atoms with E-state index in [0.717, 1.165) is 32.8 Å². The molecule has 23 heavy (non-hydrogen) atoms. The van der Waals surface area contributed by atoms with E-state index in [1.165, 1.54) is 16.7 Å². The van der Waals surface area contributed by atoms with Gasteiger partial charge < -0.3 is 4.42 Å². The number of nitrogens with zero attached hydrogens (tertiary/aromatic N) is 2. The minimum Gasteiger partial charge on any atom is -0.451 e. The molecule has 2 heterocycles. The molecular weight excluding hydrogens is 304 g/mol. The zero-order chi connectivity index (χ0) is 15.8. The van der Waals surface area contributed by atoms with E-state index < -0.39 is 0 Å². The van der Waals surface area contributed by atoms with Gasteiger partial charge in [-0.1, -0.05) is 47.7 Å². The third-order valence-corrected chi connectivity index (χ3v) is 5.01. The van der Waals surface area contributed by atoms with E-state index >= 15 is 0 Å². The van der Waals surface area contributed by atoms with Crippen LogP contribution in [-0.4, -0.2) is 9.97 Å². The van der Waals surface area contributed by atoms with Crippen LogP contribution < -0.4 is 0 Å². The monoisotopic (exact) mass is 320 g/mol. The second-order valence-electron chi connectivity index (χ2n) is 5.67. The summed E-state index contributed by atoms with van der Waals surface area (Å²) in [5.41, 5.74) is 6.44. The molecule has 0 amide bonds. The van der Waals surface area contributed by atoms with Crippen molar-refractivity contribution in [2.24, 2.45) is 0 Å². The summed E-state index contributed by atoms with van der Waals surface area (Å²) in [6.45, 7) is 4.27. The Morgan fingerprint density at radius 1 is 1.04 bits per heavy atom. The number of benzene rings is 2. The van der Waals surface area contributed by atoms with E-state index in [2.05, 4.69) is 42.0 Å². The van der Waals surface area contributed by atoms with Gasteiger partial charge >= 0.3 is 0 Å². The molecule has 0 radical (unpaired) electrons. The van der Waals surface area contributed by atoms with Crippen LogP contribution in [0.15, 0.2) is 58.2 Å². The third kappa shape index (κ3) is 2.59. The molecule has 2 aromatic heterocycles. The molecule has 4 heteroatoms. The number of fused-ring (bicyclic) bond motifs is 3. The van der Waals surface area contributed by atoms with Crippen molar-refractivity contribution in [2.75, 3.05) is 0 Å². The molecule has 4 aromatic rings. The first kappa shape index (κ1) is 14.3. The molecule has 0 fully saturated rings. The van der Waals surface area contributed by atoms with E-state index in [0.29, 0.717) is 0 Å². The summed E-state index contributed by atoms with van der Waals surface area (Å²) in [4.78, 5) is 8.83. The highest BCUT2D eigenvalue weighted by atomic mass is 32.2.